The van der Waals surface area contributed by atoms with Crippen molar-refractivity contribution in [1.29, 1.82) is 0 Å². The topological polar surface area (TPSA) is 51.0 Å². The summed E-state index contributed by atoms with van der Waals surface area (Å²) in [6, 6.07) is 0. The van der Waals surface area contributed by atoms with Crippen LogP contribution in [0, 0.1) is 5.41 Å². The number of carbonyl (C=O) groups is 1. The Morgan fingerprint density at radius 1 is 1.53 bits per heavy atom. The van der Waals surface area contributed by atoms with Gasteiger partial charge in [-0.3, -0.25) is 4.79 Å². The van der Waals surface area contributed by atoms with Crippen LogP contribution in [-0.2, 0) is 9.53 Å². The predicted molar refractivity (Wildman–Crippen MR) is 57.5 cm³/mol. The molecule has 1 aliphatic carbocycles. The summed E-state index contributed by atoms with van der Waals surface area (Å²) < 4.78 is 4.75. The number of allylic oxidation sites excluding steroid dienone is 2. The highest BCUT2D eigenvalue weighted by molar-refractivity contribution is 5.79. The van der Waals surface area contributed by atoms with Crippen molar-refractivity contribution >= 4 is 5.97 Å². The molecule has 1 rings (SSSR count). The molecule has 84 valence electrons. The molecule has 15 heavy (non-hydrogen) atoms. The summed E-state index contributed by atoms with van der Waals surface area (Å²) in [5.74, 6) is -0.0968. The molecule has 0 unspecified atom stereocenters. The second-order valence-corrected chi connectivity index (χ2v) is 3.92. The van der Waals surface area contributed by atoms with Gasteiger partial charge in [0.25, 0.3) is 0 Å². The number of hydrogen-bond acceptors (Lipinski definition) is 4. The summed E-state index contributed by atoms with van der Waals surface area (Å²) in [6.07, 6.45) is 4.51. The van der Waals surface area contributed by atoms with E-state index < -0.39 is 0 Å². The Bertz CT molecular complexity index is 291. The Morgan fingerprint density at radius 2 is 2.20 bits per heavy atom. The van der Waals surface area contributed by atoms with Crippen molar-refractivity contribution in [1.82, 2.24) is 0 Å². The number of esters is 1. The molecule has 0 bridgehead atoms. The minimum Gasteiger partial charge on any atom is -0.469 e. The molecule has 0 N–H and O–H groups in total. The molecule has 1 fully saturated rings. The molecular formula is C11H18N2O2. The molecule has 0 spiro atoms. The summed E-state index contributed by atoms with van der Waals surface area (Å²) in [4.78, 5) is 11.4. The molecule has 4 nitrogen and oxygen atoms in total. The Labute approximate surface area is 90.4 Å². The first-order valence-corrected chi connectivity index (χ1v) is 5.23. The highest BCUT2D eigenvalue weighted by atomic mass is 16.5. The van der Waals surface area contributed by atoms with Crippen LogP contribution in [0.4, 0.5) is 0 Å². The van der Waals surface area contributed by atoms with Crippen LogP contribution in [0.15, 0.2) is 22.0 Å². The smallest absolute Gasteiger partial charge is 0.311 e. The van der Waals surface area contributed by atoms with Crippen LogP contribution in [0.2, 0.25) is 0 Å². The molecule has 0 amide bonds. The zero-order valence-electron chi connectivity index (χ0n) is 9.62. The van der Waals surface area contributed by atoms with E-state index in [9.17, 15) is 4.79 Å². The summed E-state index contributed by atoms with van der Waals surface area (Å²) in [5.41, 5.74) is 0.662. The number of rotatable bonds is 5. The zero-order chi connectivity index (χ0) is 11.3. The summed E-state index contributed by atoms with van der Waals surface area (Å²) in [5, 5.41) is 8.03. The normalized spacial score (nSPS) is 19.3. The average molecular weight is 210 g/mol. The Kier molecular flexibility index (Phi) is 4.00. The number of hydrogen-bond donors (Lipinski definition) is 0. The molecule has 0 saturated heterocycles. The van der Waals surface area contributed by atoms with Crippen molar-refractivity contribution in [3.8, 4) is 0 Å². The van der Waals surface area contributed by atoms with E-state index in [1.807, 2.05) is 19.9 Å². The van der Waals surface area contributed by atoms with E-state index in [0.717, 1.165) is 25.0 Å². The van der Waals surface area contributed by atoms with Crippen LogP contribution in [0.3, 0.4) is 0 Å². The second kappa shape index (κ2) is 5.05. The van der Waals surface area contributed by atoms with Crippen LogP contribution < -0.4 is 0 Å². The van der Waals surface area contributed by atoms with Gasteiger partial charge in [0, 0.05) is 0 Å². The maximum absolute atomic E-state index is 11.4. The van der Waals surface area contributed by atoms with Gasteiger partial charge in [0.05, 0.1) is 24.8 Å². The van der Waals surface area contributed by atoms with E-state index in [1.165, 1.54) is 7.11 Å². The van der Waals surface area contributed by atoms with Gasteiger partial charge in [-0.15, -0.1) is 0 Å². The fourth-order valence-electron chi connectivity index (χ4n) is 1.41. The van der Waals surface area contributed by atoms with Crippen molar-refractivity contribution in [2.75, 3.05) is 13.7 Å². The third kappa shape index (κ3) is 3.15. The number of carbonyl (C=O) groups excluding carboxylic acids is 1. The standard InChI is InChI=1S/C11H18N2O2/c1-4-9(2)13-12-8-7-11(5-6-11)10(14)15-3/h4H,5-8H2,1-3H3/b9-4-,13-12?. The van der Waals surface area contributed by atoms with Gasteiger partial charge in [0.2, 0.25) is 0 Å². The Balaban J connectivity index is 2.32. The van der Waals surface area contributed by atoms with Crippen LogP contribution in [0.1, 0.15) is 33.1 Å². The molecule has 0 aromatic heterocycles. The van der Waals surface area contributed by atoms with Gasteiger partial charge in [-0.1, -0.05) is 6.08 Å². The molecular weight excluding hydrogens is 192 g/mol. The fraction of sp³-hybridized carbons (Fsp3) is 0.727. The number of methoxy groups -OCH3 is 1. The van der Waals surface area contributed by atoms with Gasteiger partial charge in [0.15, 0.2) is 0 Å². The molecule has 4 heteroatoms. The van der Waals surface area contributed by atoms with Crippen LogP contribution in [0.5, 0.6) is 0 Å². The lowest BCUT2D eigenvalue weighted by molar-refractivity contribution is -0.147. The van der Waals surface area contributed by atoms with Crippen molar-refractivity contribution in [3.63, 3.8) is 0 Å². The fourth-order valence-corrected chi connectivity index (χ4v) is 1.41. The van der Waals surface area contributed by atoms with E-state index >= 15 is 0 Å². The van der Waals surface area contributed by atoms with Crippen molar-refractivity contribution < 1.29 is 9.53 Å². The van der Waals surface area contributed by atoms with E-state index in [4.69, 9.17) is 4.74 Å². The first-order valence-electron chi connectivity index (χ1n) is 5.23. The molecule has 0 radical (unpaired) electrons. The van der Waals surface area contributed by atoms with Gasteiger partial charge in [-0.25, -0.2) is 0 Å². The largest absolute Gasteiger partial charge is 0.469 e. The van der Waals surface area contributed by atoms with Gasteiger partial charge >= 0.3 is 5.97 Å². The number of ether oxygens (including phenoxy) is 1. The number of azo groups is 1. The third-order valence-corrected chi connectivity index (χ3v) is 2.81. The summed E-state index contributed by atoms with van der Waals surface area (Å²) >= 11 is 0. The van der Waals surface area contributed by atoms with E-state index in [-0.39, 0.29) is 11.4 Å². The second-order valence-electron chi connectivity index (χ2n) is 3.92. The average Bonchev–Trinajstić information content (AvgIpc) is 3.04. The minimum atomic E-state index is -0.238. The van der Waals surface area contributed by atoms with E-state index in [1.54, 1.807) is 0 Å². The monoisotopic (exact) mass is 210 g/mol. The lowest BCUT2D eigenvalue weighted by Gasteiger charge is -2.09. The lowest BCUT2D eigenvalue weighted by Crippen LogP contribution is -2.18. The van der Waals surface area contributed by atoms with E-state index in [2.05, 4.69) is 10.2 Å². The van der Waals surface area contributed by atoms with Gasteiger partial charge < -0.3 is 4.74 Å². The van der Waals surface area contributed by atoms with Gasteiger partial charge in [0.1, 0.15) is 0 Å². The van der Waals surface area contributed by atoms with Gasteiger partial charge in [-0.2, -0.15) is 10.2 Å². The minimum absolute atomic E-state index is 0.0968. The SMILES string of the molecule is C/C=C(/C)N=NCCC1(C(=O)OC)CC1. The maximum atomic E-state index is 11.4. The maximum Gasteiger partial charge on any atom is 0.311 e. The molecule has 1 saturated carbocycles. The Hall–Kier alpha value is -1.19. The van der Waals surface area contributed by atoms with Crippen molar-refractivity contribution in [3.05, 3.63) is 11.8 Å². The molecule has 0 heterocycles. The van der Waals surface area contributed by atoms with Crippen molar-refractivity contribution in [2.24, 2.45) is 15.6 Å². The first-order chi connectivity index (χ1) is 7.14. The summed E-state index contributed by atoms with van der Waals surface area (Å²) in [6.45, 7) is 4.42. The van der Waals surface area contributed by atoms with Crippen LogP contribution in [0.25, 0.3) is 0 Å². The van der Waals surface area contributed by atoms with Crippen molar-refractivity contribution in [2.45, 2.75) is 33.1 Å². The third-order valence-electron chi connectivity index (χ3n) is 2.81. The molecule has 0 aromatic carbocycles. The highest BCUT2D eigenvalue weighted by Crippen LogP contribution is 2.49. The quantitative estimate of drug-likeness (QED) is 0.517. The molecule has 0 aliphatic heterocycles. The zero-order valence-corrected chi connectivity index (χ0v) is 9.62. The molecule has 0 aromatic rings. The predicted octanol–water partition coefficient (Wildman–Crippen LogP) is 2.71. The lowest BCUT2D eigenvalue weighted by atomic mass is 10.0. The van der Waals surface area contributed by atoms with Crippen LogP contribution >= 0.6 is 0 Å². The Morgan fingerprint density at radius 3 is 2.67 bits per heavy atom. The summed E-state index contributed by atoms with van der Waals surface area (Å²) in [7, 11) is 1.44. The molecule has 1 aliphatic rings. The number of nitrogens with zero attached hydrogens (tertiary/aromatic N) is 2. The first kappa shape index (κ1) is 11.9. The van der Waals surface area contributed by atoms with Crippen LogP contribution in [-0.4, -0.2) is 19.6 Å². The van der Waals surface area contributed by atoms with Gasteiger partial charge in [-0.05, 0) is 33.1 Å². The highest BCUT2D eigenvalue weighted by Gasteiger charge is 2.50. The van der Waals surface area contributed by atoms with E-state index in [0.29, 0.717) is 6.54 Å². The molecule has 0 atom stereocenters.